The van der Waals surface area contributed by atoms with Gasteiger partial charge in [-0.1, -0.05) is 68.8 Å². The van der Waals surface area contributed by atoms with Gasteiger partial charge in [-0.05, 0) is 72.9 Å². The van der Waals surface area contributed by atoms with Crippen LogP contribution in [0.1, 0.15) is 31.9 Å². The van der Waals surface area contributed by atoms with E-state index in [2.05, 4.69) is 26.3 Å². The van der Waals surface area contributed by atoms with Crippen molar-refractivity contribution < 1.29 is 19.1 Å². The number of hydrogen-bond donors (Lipinski definition) is 0. The molecule has 0 atom stereocenters. The van der Waals surface area contributed by atoms with Gasteiger partial charge in [-0.3, -0.25) is 0 Å². The molecule has 0 aromatic heterocycles. The first kappa shape index (κ1) is 25.2. The Bertz CT molecular complexity index is 1360. The van der Waals surface area contributed by atoms with Crippen LogP contribution in [0.2, 0.25) is 0 Å². The predicted molar refractivity (Wildman–Crippen MR) is 143 cm³/mol. The Kier molecular flexibility index (Phi) is 7.67. The molecule has 0 bridgehead atoms. The monoisotopic (exact) mass is 464 g/mol. The van der Waals surface area contributed by atoms with E-state index in [1.54, 1.807) is 32.1 Å². The minimum atomic E-state index is -0.472. The summed E-state index contributed by atoms with van der Waals surface area (Å²) in [7, 11) is 0. The average Bonchev–Trinajstić information content (AvgIpc) is 2.84. The van der Waals surface area contributed by atoms with Crippen molar-refractivity contribution in [2.45, 2.75) is 20.8 Å². The first-order valence-electron chi connectivity index (χ1n) is 11.0. The zero-order chi connectivity index (χ0) is 25.7. The molecule has 0 aliphatic rings. The number of carbonyl (C=O) groups excluding carboxylic acids is 2. The molecule has 3 aromatic carbocycles. The van der Waals surface area contributed by atoms with Crippen molar-refractivity contribution in [2.75, 3.05) is 0 Å². The highest BCUT2D eigenvalue weighted by Crippen LogP contribution is 2.33. The van der Waals surface area contributed by atoms with Crippen LogP contribution in [0.25, 0.3) is 33.9 Å². The Labute approximate surface area is 206 Å². The first-order valence-corrected chi connectivity index (χ1v) is 11.0. The molecule has 3 aromatic rings. The summed E-state index contributed by atoms with van der Waals surface area (Å²) < 4.78 is 10.9. The SMILES string of the molecule is C=Cc1cc(-c2ccc(-c3ccc(OC(=O)C(=C)C)c(C(=C)C)c3)cc2)ccc1OC(=O)C(=C)C. The molecule has 0 spiro atoms. The van der Waals surface area contributed by atoms with Gasteiger partial charge in [0.15, 0.2) is 0 Å². The highest BCUT2D eigenvalue weighted by molar-refractivity contribution is 5.90. The van der Waals surface area contributed by atoms with Crippen LogP contribution in [0.15, 0.2) is 98.1 Å². The van der Waals surface area contributed by atoms with Gasteiger partial charge in [-0.2, -0.15) is 0 Å². The van der Waals surface area contributed by atoms with Gasteiger partial charge in [0.1, 0.15) is 11.5 Å². The molecule has 0 amide bonds. The molecule has 4 nitrogen and oxygen atoms in total. The van der Waals surface area contributed by atoms with Gasteiger partial charge in [0.25, 0.3) is 0 Å². The van der Waals surface area contributed by atoms with Crippen molar-refractivity contribution in [3.8, 4) is 33.8 Å². The molecule has 0 aliphatic heterocycles. The van der Waals surface area contributed by atoms with Crippen molar-refractivity contribution in [1.29, 1.82) is 0 Å². The van der Waals surface area contributed by atoms with Crippen molar-refractivity contribution in [2.24, 2.45) is 0 Å². The maximum atomic E-state index is 12.0. The second-order valence-electron chi connectivity index (χ2n) is 8.37. The summed E-state index contributed by atoms with van der Waals surface area (Å²) >= 11 is 0. The molecule has 0 radical (unpaired) electrons. The standard InChI is InChI=1S/C31H28O4/c1-8-22-17-25(13-15-28(22)34-30(32)20(4)5)23-9-11-24(12-10-23)26-14-16-29(27(18-26)19(2)3)35-31(33)21(6)7/h8-18H,1-2,4,6H2,3,5,7H3. The van der Waals surface area contributed by atoms with Gasteiger partial charge in [-0.15, -0.1) is 0 Å². The largest absolute Gasteiger partial charge is 0.423 e. The van der Waals surface area contributed by atoms with Crippen LogP contribution in [0, 0.1) is 0 Å². The Morgan fingerprint density at radius 3 is 1.54 bits per heavy atom. The highest BCUT2D eigenvalue weighted by Gasteiger charge is 2.13. The fraction of sp³-hybridized carbons (Fsp3) is 0.0968. The highest BCUT2D eigenvalue weighted by atomic mass is 16.5. The van der Waals surface area contributed by atoms with Gasteiger partial charge in [0, 0.05) is 22.3 Å². The van der Waals surface area contributed by atoms with Gasteiger partial charge in [0.2, 0.25) is 0 Å². The lowest BCUT2D eigenvalue weighted by molar-refractivity contribution is -0.130. The normalized spacial score (nSPS) is 10.3. The van der Waals surface area contributed by atoms with Crippen LogP contribution in [-0.4, -0.2) is 11.9 Å². The second kappa shape index (κ2) is 10.7. The Hall–Kier alpha value is -4.44. The summed E-state index contributed by atoms with van der Waals surface area (Å²) in [6, 6.07) is 19.3. The molecule has 0 saturated heterocycles. The quantitative estimate of drug-likeness (QED) is 0.195. The number of ether oxygens (including phenoxy) is 2. The van der Waals surface area contributed by atoms with Crippen molar-refractivity contribution in [3.63, 3.8) is 0 Å². The molecule has 4 heteroatoms. The van der Waals surface area contributed by atoms with Crippen LogP contribution in [0.5, 0.6) is 11.5 Å². The fourth-order valence-electron chi connectivity index (χ4n) is 3.34. The molecule has 0 saturated carbocycles. The topological polar surface area (TPSA) is 52.6 Å². The number of allylic oxidation sites excluding steroid dienone is 1. The van der Waals surface area contributed by atoms with Gasteiger partial charge >= 0.3 is 11.9 Å². The van der Waals surface area contributed by atoms with Crippen LogP contribution in [0.4, 0.5) is 0 Å². The lowest BCUT2D eigenvalue weighted by atomic mass is 9.96. The Morgan fingerprint density at radius 2 is 1.09 bits per heavy atom. The third kappa shape index (κ3) is 5.92. The zero-order valence-electron chi connectivity index (χ0n) is 20.3. The third-order valence-corrected chi connectivity index (χ3v) is 5.32. The van der Waals surface area contributed by atoms with E-state index in [0.717, 1.165) is 33.4 Å². The Morgan fingerprint density at radius 1 is 0.657 bits per heavy atom. The molecule has 0 aliphatic carbocycles. The maximum Gasteiger partial charge on any atom is 0.338 e. The smallest absolute Gasteiger partial charge is 0.338 e. The predicted octanol–water partition coefficient (Wildman–Crippen LogP) is 7.66. The average molecular weight is 465 g/mol. The minimum absolute atomic E-state index is 0.330. The van der Waals surface area contributed by atoms with Crippen LogP contribution < -0.4 is 9.47 Å². The van der Waals surface area contributed by atoms with E-state index in [0.29, 0.717) is 28.2 Å². The molecular weight excluding hydrogens is 436 g/mol. The number of hydrogen-bond acceptors (Lipinski definition) is 4. The molecule has 35 heavy (non-hydrogen) atoms. The molecule has 176 valence electrons. The first-order chi connectivity index (χ1) is 16.6. The molecule has 0 N–H and O–H groups in total. The number of benzene rings is 3. The van der Waals surface area contributed by atoms with Gasteiger partial charge in [-0.25, -0.2) is 9.59 Å². The van der Waals surface area contributed by atoms with E-state index in [1.807, 2.05) is 55.5 Å². The van der Waals surface area contributed by atoms with E-state index < -0.39 is 11.9 Å². The minimum Gasteiger partial charge on any atom is -0.423 e. The summed E-state index contributed by atoms with van der Waals surface area (Å²) in [4.78, 5) is 23.9. The summed E-state index contributed by atoms with van der Waals surface area (Å²) in [5.74, 6) is -0.0490. The summed E-state index contributed by atoms with van der Waals surface area (Å²) in [5, 5.41) is 0. The molecule has 0 unspecified atom stereocenters. The maximum absolute atomic E-state index is 12.0. The molecule has 0 heterocycles. The lowest BCUT2D eigenvalue weighted by Gasteiger charge is -2.13. The van der Waals surface area contributed by atoms with E-state index in [4.69, 9.17) is 9.47 Å². The summed E-state index contributed by atoms with van der Waals surface area (Å²) in [6.45, 7) is 20.2. The van der Waals surface area contributed by atoms with E-state index >= 15 is 0 Å². The van der Waals surface area contributed by atoms with Gasteiger partial charge in [0.05, 0.1) is 0 Å². The molecule has 3 rings (SSSR count). The number of carbonyl (C=O) groups is 2. The number of rotatable bonds is 8. The van der Waals surface area contributed by atoms with Gasteiger partial charge < -0.3 is 9.47 Å². The van der Waals surface area contributed by atoms with Crippen LogP contribution >= 0.6 is 0 Å². The van der Waals surface area contributed by atoms with Crippen LogP contribution in [0.3, 0.4) is 0 Å². The number of esters is 2. The van der Waals surface area contributed by atoms with Crippen molar-refractivity contribution >= 4 is 23.6 Å². The zero-order valence-corrected chi connectivity index (χ0v) is 20.3. The Balaban J connectivity index is 1.89. The molecule has 0 fully saturated rings. The van der Waals surface area contributed by atoms with Crippen molar-refractivity contribution in [3.05, 3.63) is 109 Å². The van der Waals surface area contributed by atoms with E-state index in [9.17, 15) is 9.59 Å². The summed E-state index contributed by atoms with van der Waals surface area (Å²) in [5.41, 5.74) is 6.87. The third-order valence-electron chi connectivity index (χ3n) is 5.32. The van der Waals surface area contributed by atoms with E-state index in [1.165, 1.54) is 0 Å². The molecular formula is C31H28O4. The lowest BCUT2D eigenvalue weighted by Crippen LogP contribution is -2.09. The van der Waals surface area contributed by atoms with E-state index in [-0.39, 0.29) is 0 Å². The fourth-order valence-corrected chi connectivity index (χ4v) is 3.34. The van der Waals surface area contributed by atoms with Crippen molar-refractivity contribution in [1.82, 2.24) is 0 Å². The second-order valence-corrected chi connectivity index (χ2v) is 8.37. The summed E-state index contributed by atoms with van der Waals surface area (Å²) in [6.07, 6.45) is 1.65. The van der Waals surface area contributed by atoms with Crippen LogP contribution in [-0.2, 0) is 9.59 Å².